The van der Waals surface area contributed by atoms with E-state index in [1.807, 2.05) is 6.07 Å². The molecular weight excluding hydrogens is 415 g/mol. The van der Waals surface area contributed by atoms with Crippen molar-refractivity contribution in [2.75, 3.05) is 13.7 Å². The van der Waals surface area contributed by atoms with Gasteiger partial charge in [-0.2, -0.15) is 0 Å². The van der Waals surface area contributed by atoms with E-state index in [0.717, 1.165) is 24.4 Å². The van der Waals surface area contributed by atoms with Crippen molar-refractivity contribution < 1.29 is 13.5 Å². The first-order valence-electron chi connectivity index (χ1n) is 7.29. The van der Waals surface area contributed by atoms with Gasteiger partial charge in [0.2, 0.25) is 0 Å². The average molecular weight is 437 g/mol. The lowest BCUT2D eigenvalue weighted by molar-refractivity contribution is 0.0818. The SMILES string of the molecule is CN=C(NCc1cccc(OCC(F)F)c1)NC1CC=CC1.I. The number of nitrogens with zero attached hydrogens (tertiary/aromatic N) is 1. The van der Waals surface area contributed by atoms with Gasteiger partial charge in [0.1, 0.15) is 12.4 Å². The molecule has 0 spiro atoms. The van der Waals surface area contributed by atoms with Gasteiger partial charge in [0.15, 0.2) is 5.96 Å². The maximum Gasteiger partial charge on any atom is 0.272 e. The Morgan fingerprint density at radius 2 is 2.09 bits per heavy atom. The summed E-state index contributed by atoms with van der Waals surface area (Å²) in [5.74, 6) is 1.18. The number of benzene rings is 1. The zero-order chi connectivity index (χ0) is 15.8. The van der Waals surface area contributed by atoms with Crippen molar-refractivity contribution >= 4 is 29.9 Å². The summed E-state index contributed by atoms with van der Waals surface area (Å²) >= 11 is 0. The Morgan fingerprint density at radius 1 is 1.35 bits per heavy atom. The van der Waals surface area contributed by atoms with Gasteiger partial charge in [-0.05, 0) is 30.5 Å². The van der Waals surface area contributed by atoms with Crippen LogP contribution < -0.4 is 15.4 Å². The van der Waals surface area contributed by atoms with Crippen molar-refractivity contribution in [1.29, 1.82) is 0 Å². The number of guanidine groups is 1. The Hall–Kier alpha value is -1.38. The van der Waals surface area contributed by atoms with Crippen LogP contribution in [0.4, 0.5) is 8.78 Å². The van der Waals surface area contributed by atoms with Crippen LogP contribution in [0.15, 0.2) is 41.4 Å². The summed E-state index contributed by atoms with van der Waals surface area (Å²) in [6, 6.07) is 7.50. The monoisotopic (exact) mass is 437 g/mol. The van der Waals surface area contributed by atoms with Crippen LogP contribution in [0.3, 0.4) is 0 Å². The Morgan fingerprint density at radius 3 is 2.74 bits per heavy atom. The number of nitrogens with one attached hydrogen (secondary N) is 2. The van der Waals surface area contributed by atoms with Gasteiger partial charge in [-0.1, -0.05) is 24.3 Å². The van der Waals surface area contributed by atoms with Crippen molar-refractivity contribution in [2.45, 2.75) is 31.9 Å². The number of alkyl halides is 2. The van der Waals surface area contributed by atoms with E-state index in [2.05, 4.69) is 27.8 Å². The van der Waals surface area contributed by atoms with Crippen molar-refractivity contribution in [1.82, 2.24) is 10.6 Å². The van der Waals surface area contributed by atoms with Gasteiger partial charge < -0.3 is 15.4 Å². The molecule has 0 radical (unpaired) electrons. The van der Waals surface area contributed by atoms with Crippen LogP contribution in [0, 0.1) is 0 Å². The molecule has 0 bridgehead atoms. The molecular formula is C16H22F2IN3O. The number of aliphatic imine (C=N–C) groups is 1. The predicted octanol–water partition coefficient (Wildman–Crippen LogP) is 3.33. The molecule has 0 atom stereocenters. The summed E-state index contributed by atoms with van der Waals surface area (Å²) in [6.45, 7) is -0.0412. The highest BCUT2D eigenvalue weighted by Gasteiger charge is 2.11. The van der Waals surface area contributed by atoms with E-state index in [4.69, 9.17) is 4.74 Å². The Bertz CT molecular complexity index is 530. The Labute approximate surface area is 152 Å². The molecule has 1 aliphatic rings. The molecule has 0 heterocycles. The predicted molar refractivity (Wildman–Crippen MR) is 98.9 cm³/mol. The van der Waals surface area contributed by atoms with Gasteiger partial charge in [0.25, 0.3) is 6.43 Å². The van der Waals surface area contributed by atoms with Crippen LogP contribution in [0.25, 0.3) is 0 Å². The lowest BCUT2D eigenvalue weighted by Gasteiger charge is -2.17. The molecule has 0 unspecified atom stereocenters. The van der Waals surface area contributed by atoms with Crippen molar-refractivity contribution in [3.8, 4) is 5.75 Å². The highest BCUT2D eigenvalue weighted by Crippen LogP contribution is 2.14. The van der Waals surface area contributed by atoms with E-state index in [-0.39, 0.29) is 24.0 Å². The zero-order valence-electron chi connectivity index (χ0n) is 13.0. The number of halogens is 3. The topological polar surface area (TPSA) is 45.7 Å². The minimum atomic E-state index is -2.47. The third-order valence-corrected chi connectivity index (χ3v) is 3.31. The second kappa shape index (κ2) is 10.4. The third kappa shape index (κ3) is 7.15. The zero-order valence-corrected chi connectivity index (χ0v) is 15.3. The molecule has 1 aliphatic carbocycles. The number of hydrogen-bond donors (Lipinski definition) is 2. The molecule has 2 N–H and O–H groups in total. The highest BCUT2D eigenvalue weighted by atomic mass is 127. The van der Waals surface area contributed by atoms with E-state index >= 15 is 0 Å². The maximum absolute atomic E-state index is 12.1. The molecule has 1 aromatic rings. The molecule has 4 nitrogen and oxygen atoms in total. The molecule has 0 aliphatic heterocycles. The van der Waals surface area contributed by atoms with E-state index in [1.165, 1.54) is 0 Å². The van der Waals surface area contributed by atoms with Crippen molar-refractivity contribution in [2.24, 2.45) is 4.99 Å². The van der Waals surface area contributed by atoms with Gasteiger partial charge in [0, 0.05) is 19.6 Å². The molecule has 2 rings (SSSR count). The summed E-state index contributed by atoms with van der Waals surface area (Å²) < 4.78 is 29.3. The fourth-order valence-electron chi connectivity index (χ4n) is 2.21. The molecule has 0 saturated heterocycles. The average Bonchev–Trinajstić information content (AvgIpc) is 3.03. The normalized spacial score (nSPS) is 14.7. The minimum absolute atomic E-state index is 0. The summed E-state index contributed by atoms with van der Waals surface area (Å²) in [4.78, 5) is 4.18. The van der Waals surface area contributed by atoms with Gasteiger partial charge in [-0.25, -0.2) is 8.78 Å². The van der Waals surface area contributed by atoms with E-state index in [0.29, 0.717) is 18.3 Å². The summed E-state index contributed by atoms with van der Waals surface area (Å²) in [6.07, 6.45) is 3.82. The fourth-order valence-corrected chi connectivity index (χ4v) is 2.21. The lowest BCUT2D eigenvalue weighted by atomic mass is 10.2. The Kier molecular flexibility index (Phi) is 8.90. The fraction of sp³-hybridized carbons (Fsp3) is 0.438. The summed E-state index contributed by atoms with van der Waals surface area (Å²) in [7, 11) is 1.72. The molecule has 23 heavy (non-hydrogen) atoms. The van der Waals surface area contributed by atoms with Crippen molar-refractivity contribution in [3.05, 3.63) is 42.0 Å². The molecule has 0 aromatic heterocycles. The van der Waals surface area contributed by atoms with Crippen LogP contribution in [0.2, 0.25) is 0 Å². The standard InChI is InChI=1S/C16H21F2N3O.HI/c1-19-16(21-13-6-2-3-7-13)20-10-12-5-4-8-14(9-12)22-11-15(17)18;/h2-5,8-9,13,15H,6-7,10-11H2,1H3,(H2,19,20,21);1H. The van der Waals surface area contributed by atoms with E-state index in [1.54, 1.807) is 25.2 Å². The lowest BCUT2D eigenvalue weighted by Crippen LogP contribution is -2.42. The molecule has 7 heteroatoms. The molecule has 1 aromatic carbocycles. The molecule has 128 valence electrons. The number of rotatable bonds is 6. The van der Waals surface area contributed by atoms with Crippen molar-refractivity contribution in [3.63, 3.8) is 0 Å². The first kappa shape index (κ1) is 19.7. The molecule has 0 amide bonds. The second-order valence-corrected chi connectivity index (χ2v) is 5.06. The van der Waals surface area contributed by atoms with Gasteiger partial charge in [-0.3, -0.25) is 4.99 Å². The Balaban J connectivity index is 0.00000264. The van der Waals surface area contributed by atoms with Gasteiger partial charge >= 0.3 is 0 Å². The summed E-state index contributed by atoms with van der Waals surface area (Å²) in [5.41, 5.74) is 0.944. The highest BCUT2D eigenvalue weighted by molar-refractivity contribution is 14.0. The first-order valence-corrected chi connectivity index (χ1v) is 7.29. The van der Waals surface area contributed by atoms with Gasteiger partial charge in [-0.15, -0.1) is 24.0 Å². The molecule has 0 fully saturated rings. The van der Waals surface area contributed by atoms with Crippen LogP contribution in [0.1, 0.15) is 18.4 Å². The van der Waals surface area contributed by atoms with Crippen LogP contribution >= 0.6 is 24.0 Å². The minimum Gasteiger partial charge on any atom is -0.488 e. The van der Waals surface area contributed by atoms with Gasteiger partial charge in [0.05, 0.1) is 0 Å². The third-order valence-electron chi connectivity index (χ3n) is 3.31. The van der Waals surface area contributed by atoms with E-state index < -0.39 is 13.0 Å². The largest absolute Gasteiger partial charge is 0.488 e. The second-order valence-electron chi connectivity index (χ2n) is 5.06. The quantitative estimate of drug-likeness (QED) is 0.311. The number of ether oxygens (including phenoxy) is 1. The van der Waals surface area contributed by atoms with Crippen LogP contribution in [-0.4, -0.2) is 32.1 Å². The number of hydrogen-bond acceptors (Lipinski definition) is 2. The first-order chi connectivity index (χ1) is 10.7. The summed E-state index contributed by atoms with van der Waals surface area (Å²) in [5, 5.41) is 6.55. The molecule has 0 saturated carbocycles. The van der Waals surface area contributed by atoms with Crippen LogP contribution in [0.5, 0.6) is 5.75 Å². The maximum atomic E-state index is 12.1. The van der Waals surface area contributed by atoms with Crippen LogP contribution in [-0.2, 0) is 6.54 Å². The van der Waals surface area contributed by atoms with E-state index in [9.17, 15) is 8.78 Å². The smallest absolute Gasteiger partial charge is 0.272 e.